The molecule has 0 N–H and O–H groups in total. The Morgan fingerprint density at radius 1 is 0.938 bits per heavy atom. The van der Waals surface area contributed by atoms with Gasteiger partial charge in [0, 0.05) is 12.0 Å². The van der Waals surface area contributed by atoms with E-state index >= 15 is 0 Å². The normalized spacial score (nSPS) is 17.8. The van der Waals surface area contributed by atoms with E-state index < -0.39 is 23.9 Å². The average Bonchev–Trinajstić information content (AvgIpc) is 3.24. The van der Waals surface area contributed by atoms with Crippen LogP contribution in [0.3, 0.4) is 0 Å². The minimum atomic E-state index is -0.791. The van der Waals surface area contributed by atoms with Gasteiger partial charge < -0.3 is 14.4 Å². The van der Waals surface area contributed by atoms with Gasteiger partial charge in [-0.3, -0.25) is 4.79 Å². The number of likely N-dealkylation sites (tertiary alicyclic amines) is 1. The lowest BCUT2D eigenvalue weighted by Crippen LogP contribution is -2.41. The molecule has 0 saturated carbocycles. The molecule has 0 bridgehead atoms. The summed E-state index contributed by atoms with van der Waals surface area (Å²) >= 11 is 0. The Morgan fingerprint density at radius 3 is 2.19 bits per heavy atom. The third-order valence-electron chi connectivity index (χ3n) is 5.64. The van der Waals surface area contributed by atoms with E-state index in [1.54, 1.807) is 24.3 Å². The van der Waals surface area contributed by atoms with Gasteiger partial charge >= 0.3 is 5.97 Å². The maximum absolute atomic E-state index is 14.0. The maximum Gasteiger partial charge on any atom is 0.328 e. The molecule has 0 aliphatic carbocycles. The Labute approximate surface area is 186 Å². The summed E-state index contributed by atoms with van der Waals surface area (Å²) in [5.74, 6) is -1.21. The van der Waals surface area contributed by atoms with Crippen molar-refractivity contribution in [1.29, 1.82) is 0 Å². The number of rotatable bonds is 5. The highest BCUT2D eigenvalue weighted by Gasteiger charge is 2.42. The maximum atomic E-state index is 14.0. The summed E-state index contributed by atoms with van der Waals surface area (Å²) in [6.45, 7) is 2.19. The number of aryl methyl sites for hydroxylation is 1. The molecule has 2 atom stereocenters. The molecule has 32 heavy (non-hydrogen) atoms. The molecule has 4 rings (SSSR count). The molecule has 164 valence electrons. The van der Waals surface area contributed by atoms with E-state index in [9.17, 15) is 14.0 Å². The van der Waals surface area contributed by atoms with Crippen molar-refractivity contribution in [2.75, 3.05) is 13.7 Å². The number of hydrogen-bond donors (Lipinski definition) is 0. The van der Waals surface area contributed by atoms with Crippen LogP contribution in [0.5, 0.6) is 5.75 Å². The number of esters is 1. The molecule has 0 radical (unpaired) electrons. The summed E-state index contributed by atoms with van der Waals surface area (Å²) in [5, 5.41) is 0. The van der Waals surface area contributed by atoms with Crippen LogP contribution in [0.2, 0.25) is 0 Å². The van der Waals surface area contributed by atoms with E-state index in [4.69, 9.17) is 9.47 Å². The lowest BCUT2D eigenvalue weighted by molar-refractivity contribution is -0.145. The van der Waals surface area contributed by atoms with Gasteiger partial charge in [0.1, 0.15) is 12.1 Å². The Morgan fingerprint density at radius 2 is 1.56 bits per heavy atom. The van der Waals surface area contributed by atoms with Crippen molar-refractivity contribution in [3.05, 3.63) is 89.7 Å². The number of para-hydroxylation sites is 1. The van der Waals surface area contributed by atoms with Crippen LogP contribution in [0.4, 0.5) is 4.39 Å². The molecular weight excluding hydrogens is 409 g/mol. The van der Waals surface area contributed by atoms with Crippen molar-refractivity contribution in [2.45, 2.75) is 25.5 Å². The van der Waals surface area contributed by atoms with Crippen molar-refractivity contribution in [1.82, 2.24) is 4.90 Å². The van der Waals surface area contributed by atoms with Gasteiger partial charge in [-0.05, 0) is 42.3 Å². The van der Waals surface area contributed by atoms with E-state index in [0.29, 0.717) is 5.56 Å². The number of nitrogens with zero attached hydrogens (tertiary/aromatic N) is 1. The Balaban J connectivity index is 1.53. The molecule has 3 aromatic carbocycles. The third kappa shape index (κ3) is 4.49. The number of methoxy groups -OCH3 is 1. The summed E-state index contributed by atoms with van der Waals surface area (Å²) in [4.78, 5) is 27.0. The van der Waals surface area contributed by atoms with E-state index in [1.165, 1.54) is 29.7 Å². The Bertz CT molecular complexity index is 1110. The number of hydrogen-bond acceptors (Lipinski definition) is 4. The second kappa shape index (κ2) is 9.22. The topological polar surface area (TPSA) is 55.8 Å². The molecule has 5 nitrogen and oxygen atoms in total. The number of carbonyl (C=O) groups is 2. The van der Waals surface area contributed by atoms with Gasteiger partial charge in [0.25, 0.3) is 5.91 Å². The molecule has 3 aromatic rings. The summed E-state index contributed by atoms with van der Waals surface area (Å²) in [6, 6.07) is 20.7. The van der Waals surface area contributed by atoms with Crippen molar-refractivity contribution in [3.8, 4) is 16.9 Å². The molecule has 1 amide bonds. The highest BCUT2D eigenvalue weighted by molar-refractivity contribution is 5.97. The van der Waals surface area contributed by atoms with Crippen LogP contribution < -0.4 is 4.74 Å². The van der Waals surface area contributed by atoms with Gasteiger partial charge in [-0.15, -0.1) is 0 Å². The largest absolute Gasteiger partial charge is 0.485 e. The van der Waals surface area contributed by atoms with E-state index in [-0.39, 0.29) is 24.6 Å². The highest BCUT2D eigenvalue weighted by atomic mass is 19.1. The van der Waals surface area contributed by atoms with Crippen molar-refractivity contribution in [2.24, 2.45) is 0 Å². The van der Waals surface area contributed by atoms with Crippen LogP contribution in [0.25, 0.3) is 11.1 Å². The van der Waals surface area contributed by atoms with E-state index in [1.807, 2.05) is 43.3 Å². The molecule has 1 saturated heterocycles. The Kier molecular flexibility index (Phi) is 6.21. The van der Waals surface area contributed by atoms with Gasteiger partial charge in [0.2, 0.25) is 0 Å². The van der Waals surface area contributed by atoms with Crippen LogP contribution in [0.1, 0.15) is 22.3 Å². The SMILES string of the molecule is COC(=O)C1CC(Oc2ccccc2F)CN1C(=O)c1ccc(-c2ccc(C)cc2)cc1. The van der Waals surface area contributed by atoms with Crippen molar-refractivity contribution < 1.29 is 23.5 Å². The first-order chi connectivity index (χ1) is 15.5. The van der Waals surface area contributed by atoms with Gasteiger partial charge in [-0.25, -0.2) is 9.18 Å². The zero-order valence-corrected chi connectivity index (χ0v) is 18.0. The second-order valence-electron chi connectivity index (χ2n) is 7.85. The standard InChI is InChI=1S/C26H24FNO4/c1-17-7-9-18(10-8-17)19-11-13-20(14-12-19)25(29)28-16-21(15-23(28)26(30)31-2)32-24-6-4-3-5-22(24)27/h3-14,21,23H,15-16H2,1-2H3. The minimum Gasteiger partial charge on any atom is -0.485 e. The molecular formula is C26H24FNO4. The smallest absolute Gasteiger partial charge is 0.328 e. The molecule has 2 unspecified atom stereocenters. The van der Waals surface area contributed by atoms with Gasteiger partial charge in [0.15, 0.2) is 11.6 Å². The molecule has 1 aliphatic rings. The average molecular weight is 433 g/mol. The summed E-state index contributed by atoms with van der Waals surface area (Å²) in [7, 11) is 1.28. The Hall–Kier alpha value is -3.67. The number of carbonyl (C=O) groups excluding carboxylic acids is 2. The zero-order valence-electron chi connectivity index (χ0n) is 18.0. The van der Waals surface area contributed by atoms with Crippen LogP contribution in [0, 0.1) is 12.7 Å². The van der Waals surface area contributed by atoms with E-state index in [0.717, 1.165) is 11.1 Å². The van der Waals surface area contributed by atoms with Crippen LogP contribution in [-0.4, -0.2) is 42.6 Å². The second-order valence-corrected chi connectivity index (χ2v) is 7.85. The number of benzene rings is 3. The molecule has 6 heteroatoms. The minimum absolute atomic E-state index is 0.0952. The highest BCUT2D eigenvalue weighted by Crippen LogP contribution is 2.28. The van der Waals surface area contributed by atoms with Gasteiger partial charge in [-0.2, -0.15) is 0 Å². The van der Waals surface area contributed by atoms with Crippen LogP contribution in [0.15, 0.2) is 72.8 Å². The van der Waals surface area contributed by atoms with Crippen molar-refractivity contribution in [3.63, 3.8) is 0 Å². The monoisotopic (exact) mass is 433 g/mol. The van der Waals surface area contributed by atoms with Gasteiger partial charge in [0.05, 0.1) is 13.7 Å². The number of halogens is 1. The van der Waals surface area contributed by atoms with E-state index in [2.05, 4.69) is 0 Å². The van der Waals surface area contributed by atoms with Gasteiger partial charge in [-0.1, -0.05) is 54.1 Å². The number of amides is 1. The molecule has 1 aliphatic heterocycles. The first-order valence-corrected chi connectivity index (χ1v) is 10.4. The summed E-state index contributed by atoms with van der Waals surface area (Å²) < 4.78 is 24.6. The molecule has 0 spiro atoms. The third-order valence-corrected chi connectivity index (χ3v) is 5.64. The fourth-order valence-electron chi connectivity index (χ4n) is 3.90. The molecule has 1 heterocycles. The number of ether oxygens (including phenoxy) is 2. The summed E-state index contributed by atoms with van der Waals surface area (Å²) in [6.07, 6.45) is -0.291. The fraction of sp³-hybridized carbons (Fsp3) is 0.231. The summed E-state index contributed by atoms with van der Waals surface area (Å²) in [5.41, 5.74) is 3.69. The molecule has 1 fully saturated rings. The van der Waals surface area contributed by atoms with Crippen molar-refractivity contribution >= 4 is 11.9 Å². The fourth-order valence-corrected chi connectivity index (χ4v) is 3.90. The van der Waals surface area contributed by atoms with Crippen LogP contribution in [-0.2, 0) is 9.53 Å². The quantitative estimate of drug-likeness (QED) is 0.551. The predicted octanol–water partition coefficient (Wildman–Crippen LogP) is 4.64. The first kappa shape index (κ1) is 21.6. The lowest BCUT2D eigenvalue weighted by Gasteiger charge is -2.22. The molecule has 0 aromatic heterocycles. The van der Waals surface area contributed by atoms with Crippen LogP contribution >= 0.6 is 0 Å². The zero-order chi connectivity index (χ0) is 22.7. The lowest BCUT2D eigenvalue weighted by atomic mass is 10.0. The predicted molar refractivity (Wildman–Crippen MR) is 119 cm³/mol. The first-order valence-electron chi connectivity index (χ1n) is 10.4.